The molecule has 1 amide bonds. The first-order valence-electron chi connectivity index (χ1n) is 15.3. The Labute approximate surface area is 263 Å². The van der Waals surface area contributed by atoms with Crippen LogP contribution >= 0.6 is 11.8 Å². The summed E-state index contributed by atoms with van der Waals surface area (Å²) in [6.07, 6.45) is 8.63. The van der Waals surface area contributed by atoms with E-state index < -0.39 is 5.97 Å². The van der Waals surface area contributed by atoms with E-state index in [-0.39, 0.29) is 18.1 Å². The lowest BCUT2D eigenvalue weighted by Gasteiger charge is -2.30. The molecule has 2 aliphatic rings. The maximum atomic E-state index is 13.5. The van der Waals surface area contributed by atoms with Gasteiger partial charge >= 0.3 is 5.97 Å². The van der Waals surface area contributed by atoms with E-state index >= 15 is 0 Å². The van der Waals surface area contributed by atoms with Crippen molar-refractivity contribution in [2.75, 3.05) is 35.6 Å². The van der Waals surface area contributed by atoms with E-state index in [4.69, 9.17) is 5.11 Å². The number of nitrogens with one attached hydrogen (secondary N) is 2. The molecule has 7 nitrogen and oxygen atoms in total. The molecule has 1 saturated heterocycles. The van der Waals surface area contributed by atoms with Crippen molar-refractivity contribution in [1.82, 2.24) is 5.32 Å². The fraction of sp³-hybridized carbons (Fsp3) is 0.306. The number of anilines is 2. The molecule has 3 aromatic carbocycles. The first kappa shape index (κ1) is 31.1. The Balaban J connectivity index is 1.36. The Bertz CT molecular complexity index is 1540. The molecule has 2 aliphatic heterocycles. The number of hydrogen-bond acceptors (Lipinski definition) is 6. The second kappa shape index (κ2) is 15.4. The molecule has 0 bridgehead atoms. The van der Waals surface area contributed by atoms with E-state index in [2.05, 4.69) is 27.7 Å². The summed E-state index contributed by atoms with van der Waals surface area (Å²) in [7, 11) is 0. The van der Waals surface area contributed by atoms with Gasteiger partial charge in [0, 0.05) is 65.6 Å². The van der Waals surface area contributed by atoms with Gasteiger partial charge in [0.2, 0.25) is 0 Å². The number of rotatable bonds is 13. The predicted octanol–water partition coefficient (Wildman–Crippen LogP) is 6.71. The third-order valence-corrected chi connectivity index (χ3v) is 8.93. The summed E-state index contributed by atoms with van der Waals surface area (Å²) in [4.78, 5) is 39.9. The Morgan fingerprint density at radius 2 is 1.68 bits per heavy atom. The third kappa shape index (κ3) is 8.63. The highest BCUT2D eigenvalue weighted by atomic mass is 32.2. The molecule has 0 aliphatic carbocycles. The van der Waals surface area contributed by atoms with Crippen LogP contribution in [0.3, 0.4) is 0 Å². The number of Topliss-reactive ketones (excluding diaryl/α,β-unsaturated/α-hetero) is 1. The Hall–Kier alpha value is -4.30. The lowest BCUT2D eigenvalue weighted by atomic mass is 9.97. The van der Waals surface area contributed by atoms with Crippen molar-refractivity contribution in [2.24, 2.45) is 0 Å². The zero-order chi connectivity index (χ0) is 30.7. The van der Waals surface area contributed by atoms with Gasteiger partial charge in [-0.3, -0.25) is 14.4 Å². The molecule has 8 heteroatoms. The number of hydrogen-bond donors (Lipinski definition) is 3. The molecule has 0 aromatic heterocycles. The molecular formula is C36H39N3O4S. The summed E-state index contributed by atoms with van der Waals surface area (Å²) in [5, 5.41) is 15.5. The fourth-order valence-corrected chi connectivity index (χ4v) is 6.39. The number of allylic oxidation sites excluding steroid dienone is 2. The minimum atomic E-state index is -0.811. The zero-order valence-corrected chi connectivity index (χ0v) is 25.7. The molecular weight excluding hydrogens is 570 g/mol. The Kier molecular flexibility index (Phi) is 10.9. The number of ketones is 1. The number of carbonyl (C=O) groups excluding carboxylic acids is 2. The highest BCUT2D eigenvalue weighted by molar-refractivity contribution is 7.98. The molecule has 5 rings (SSSR count). The summed E-state index contributed by atoms with van der Waals surface area (Å²) >= 11 is 1.53. The molecule has 0 radical (unpaired) electrons. The van der Waals surface area contributed by atoms with Gasteiger partial charge in [-0.05, 0) is 73.2 Å². The van der Waals surface area contributed by atoms with Gasteiger partial charge in [0.05, 0.1) is 12.1 Å². The van der Waals surface area contributed by atoms with E-state index in [9.17, 15) is 14.4 Å². The fourth-order valence-electron chi connectivity index (χ4n) is 5.51. The lowest BCUT2D eigenvalue weighted by molar-refractivity contribution is -0.136. The molecule has 0 saturated carbocycles. The maximum absolute atomic E-state index is 13.5. The molecule has 0 unspecified atom stereocenters. The van der Waals surface area contributed by atoms with Crippen molar-refractivity contribution in [3.8, 4) is 0 Å². The van der Waals surface area contributed by atoms with E-state index in [0.29, 0.717) is 47.7 Å². The quantitative estimate of drug-likeness (QED) is 0.185. The number of dihydropyridines is 1. The molecule has 228 valence electrons. The standard InChI is InChI=1S/C36H39N3O4S/c40-34(15-12-26-8-3-1-4-9-26)28-16-18-37-33(23-28)31-24-30(39-19-5-2-6-20-39)13-14-32(31)38-36(43)29-11-7-10-27(22-29)25-44-21-17-35(41)42/h1,3-4,7-11,13-14,16,22-24,37H,2,5-6,12,15,17-21,25H2,(H,38,43)(H,41,42). The van der Waals surface area contributed by atoms with Gasteiger partial charge < -0.3 is 20.6 Å². The number of amides is 1. The number of carbonyl (C=O) groups is 3. The summed E-state index contributed by atoms with van der Waals surface area (Å²) < 4.78 is 0. The highest BCUT2D eigenvalue weighted by Gasteiger charge is 2.20. The molecule has 3 N–H and O–H groups in total. The number of aliphatic carboxylic acids is 1. The summed E-state index contributed by atoms with van der Waals surface area (Å²) in [5.74, 6) is 0.221. The van der Waals surface area contributed by atoms with Gasteiger partial charge in [-0.25, -0.2) is 0 Å². The highest BCUT2D eigenvalue weighted by Crippen LogP contribution is 2.32. The van der Waals surface area contributed by atoms with Crippen LogP contribution in [-0.2, 0) is 21.8 Å². The first-order chi connectivity index (χ1) is 21.5. The number of benzene rings is 3. The van der Waals surface area contributed by atoms with Gasteiger partial charge in [-0.2, -0.15) is 11.8 Å². The van der Waals surface area contributed by atoms with Crippen LogP contribution in [0.1, 0.15) is 59.2 Å². The minimum absolute atomic E-state index is 0.101. The SMILES string of the molecule is O=C(O)CCSCc1cccc(C(=O)Nc2ccc(N3CCCCC3)cc2C2=CC(C(=O)CCc3ccccc3)=CCN2)c1. The summed E-state index contributed by atoms with van der Waals surface area (Å²) in [5.41, 5.74) is 6.77. The van der Waals surface area contributed by atoms with E-state index in [1.165, 1.54) is 18.2 Å². The normalized spacial score (nSPS) is 14.7. The zero-order valence-electron chi connectivity index (χ0n) is 24.9. The number of aryl methyl sites for hydroxylation is 1. The van der Waals surface area contributed by atoms with E-state index in [1.807, 2.05) is 66.7 Å². The van der Waals surface area contributed by atoms with Gasteiger partial charge in [0.15, 0.2) is 5.78 Å². The van der Waals surface area contributed by atoms with Crippen LogP contribution in [0.25, 0.3) is 5.70 Å². The van der Waals surface area contributed by atoms with Crippen LogP contribution in [-0.4, -0.2) is 48.2 Å². The number of carboxylic acids is 1. The second-order valence-electron chi connectivity index (χ2n) is 11.1. The number of piperidine rings is 1. The summed E-state index contributed by atoms with van der Waals surface area (Å²) in [6.45, 7) is 2.52. The number of carboxylic acid groups (broad SMARTS) is 1. The molecule has 0 atom stereocenters. The van der Waals surface area contributed by atoms with Crippen molar-refractivity contribution in [1.29, 1.82) is 0 Å². The van der Waals surface area contributed by atoms with Gasteiger partial charge in [-0.1, -0.05) is 48.5 Å². The van der Waals surface area contributed by atoms with Crippen molar-refractivity contribution in [3.05, 3.63) is 113 Å². The van der Waals surface area contributed by atoms with Crippen LogP contribution in [0.15, 0.2) is 90.5 Å². The molecule has 1 fully saturated rings. The van der Waals surface area contributed by atoms with Crippen LogP contribution in [0.4, 0.5) is 11.4 Å². The molecule has 3 aromatic rings. The Morgan fingerprint density at radius 1 is 0.886 bits per heavy atom. The third-order valence-electron chi connectivity index (χ3n) is 7.90. The van der Waals surface area contributed by atoms with E-state index in [1.54, 1.807) is 6.07 Å². The van der Waals surface area contributed by atoms with Gasteiger partial charge in [0.25, 0.3) is 5.91 Å². The summed E-state index contributed by atoms with van der Waals surface area (Å²) in [6, 6.07) is 23.6. The minimum Gasteiger partial charge on any atom is -0.481 e. The smallest absolute Gasteiger partial charge is 0.304 e. The average Bonchev–Trinajstić information content (AvgIpc) is 3.06. The van der Waals surface area contributed by atoms with Crippen LogP contribution in [0.2, 0.25) is 0 Å². The van der Waals surface area contributed by atoms with Crippen LogP contribution < -0.4 is 15.5 Å². The van der Waals surface area contributed by atoms with Gasteiger partial charge in [-0.15, -0.1) is 0 Å². The van der Waals surface area contributed by atoms with Gasteiger partial charge in [0.1, 0.15) is 0 Å². The average molecular weight is 610 g/mol. The predicted molar refractivity (Wildman–Crippen MR) is 179 cm³/mol. The molecule has 0 spiro atoms. The van der Waals surface area contributed by atoms with Crippen molar-refractivity contribution in [2.45, 2.75) is 44.3 Å². The number of nitrogens with zero attached hydrogens (tertiary/aromatic N) is 1. The largest absolute Gasteiger partial charge is 0.481 e. The van der Waals surface area contributed by atoms with Crippen molar-refractivity contribution >= 4 is 46.5 Å². The van der Waals surface area contributed by atoms with Crippen LogP contribution in [0.5, 0.6) is 0 Å². The second-order valence-corrected chi connectivity index (χ2v) is 12.2. The molecule has 2 heterocycles. The first-order valence-corrected chi connectivity index (χ1v) is 16.4. The van der Waals surface area contributed by atoms with Crippen molar-refractivity contribution in [3.63, 3.8) is 0 Å². The van der Waals surface area contributed by atoms with Crippen LogP contribution in [0, 0.1) is 0 Å². The molecule has 44 heavy (non-hydrogen) atoms. The maximum Gasteiger partial charge on any atom is 0.304 e. The topological polar surface area (TPSA) is 98.7 Å². The monoisotopic (exact) mass is 609 g/mol. The van der Waals surface area contributed by atoms with Crippen molar-refractivity contribution < 1.29 is 19.5 Å². The van der Waals surface area contributed by atoms with E-state index in [0.717, 1.165) is 54.0 Å². The number of thioether (sulfide) groups is 1. The Morgan fingerprint density at radius 3 is 2.48 bits per heavy atom. The lowest BCUT2D eigenvalue weighted by Crippen LogP contribution is -2.29.